The molecule has 2 atom stereocenters. The zero-order valence-electron chi connectivity index (χ0n) is 27.5. The first-order valence-corrected chi connectivity index (χ1v) is 15.5. The van der Waals surface area contributed by atoms with Crippen molar-refractivity contribution in [3.8, 4) is 5.75 Å². The number of aromatic hydroxyl groups is 1. The third-order valence-corrected chi connectivity index (χ3v) is 8.49. The molecule has 2 N–H and O–H groups in total. The number of aliphatic imine (C=N–C) groups is 1. The van der Waals surface area contributed by atoms with E-state index >= 15 is 0 Å². The number of carbonyl (C=O) groups excluding carboxylic acids is 3. The number of rotatable bonds is 13. The van der Waals surface area contributed by atoms with Crippen LogP contribution in [0.1, 0.15) is 92.9 Å². The number of Topliss-reactive ketones (excluding diaryl/α,β-unsaturated/α-hetero) is 2. The molecule has 1 aliphatic rings. The summed E-state index contributed by atoms with van der Waals surface area (Å²) in [5.74, 6) is -0.237. The Morgan fingerprint density at radius 1 is 1.05 bits per heavy atom. The zero-order valence-corrected chi connectivity index (χ0v) is 27.5. The topological polar surface area (TPSA) is 128 Å². The molecule has 1 amide bonds. The molecule has 10 heteroatoms. The number of piperazine rings is 1. The Kier molecular flexibility index (Phi) is 12.3. The van der Waals surface area contributed by atoms with Gasteiger partial charge in [0.2, 0.25) is 0 Å². The molecule has 2 aromatic rings. The minimum atomic E-state index is -0.337. The molecule has 0 spiro atoms. The van der Waals surface area contributed by atoms with Crippen molar-refractivity contribution in [1.29, 1.82) is 0 Å². The molecule has 10 nitrogen and oxygen atoms in total. The fourth-order valence-corrected chi connectivity index (χ4v) is 5.61. The van der Waals surface area contributed by atoms with Gasteiger partial charge in [0.25, 0.3) is 5.91 Å². The molecule has 0 radical (unpaired) electrons. The Hall–Kier alpha value is -3.92. The summed E-state index contributed by atoms with van der Waals surface area (Å²) in [6, 6.07) is 6.31. The number of hydrogen-bond acceptors (Lipinski definition) is 9. The Labute approximate surface area is 261 Å². The van der Waals surface area contributed by atoms with E-state index in [0.717, 1.165) is 34.5 Å². The maximum atomic E-state index is 13.1. The van der Waals surface area contributed by atoms with Gasteiger partial charge in [-0.2, -0.15) is 0 Å². The average molecular weight is 605 g/mol. The average Bonchev–Trinajstić information content (AvgIpc) is 3.00. The number of ketones is 2. The van der Waals surface area contributed by atoms with Gasteiger partial charge >= 0.3 is 0 Å². The molecule has 0 aliphatic carbocycles. The van der Waals surface area contributed by atoms with E-state index in [2.05, 4.69) is 59.2 Å². The van der Waals surface area contributed by atoms with Crippen LogP contribution in [0.5, 0.6) is 5.75 Å². The predicted molar refractivity (Wildman–Crippen MR) is 173 cm³/mol. The molecule has 1 aliphatic heterocycles. The number of benzene rings is 1. The molecular formula is C34H48N6O4. The van der Waals surface area contributed by atoms with Crippen molar-refractivity contribution in [2.75, 3.05) is 33.2 Å². The second-order valence-corrected chi connectivity index (χ2v) is 11.8. The van der Waals surface area contributed by atoms with Crippen LogP contribution in [0.3, 0.4) is 0 Å². The van der Waals surface area contributed by atoms with Crippen LogP contribution in [-0.2, 0) is 16.0 Å². The standard InChI is InChI=1S/C34H48N6O4/c1-9-27(18-22(3)24(5)38-33(35-8)29-12-10-21(2)28(19-29)13-11-23(4)41)31(26(7)42)39-14-16-40(17-15-39)34(44)30-32(43)25(6)36-20-37-30/h10,12,19-20,22,33,35,43H,9,11,13-18H2,1-8H3/b31-27+,38-24+. The van der Waals surface area contributed by atoms with E-state index in [1.807, 2.05) is 14.0 Å². The summed E-state index contributed by atoms with van der Waals surface area (Å²) in [7, 11) is 1.89. The van der Waals surface area contributed by atoms with Gasteiger partial charge in [0.1, 0.15) is 18.3 Å². The van der Waals surface area contributed by atoms with Crippen LogP contribution in [0.2, 0.25) is 0 Å². The summed E-state index contributed by atoms with van der Waals surface area (Å²) in [6.07, 6.45) is 3.72. The van der Waals surface area contributed by atoms with E-state index in [1.165, 1.54) is 11.9 Å². The van der Waals surface area contributed by atoms with Crippen molar-refractivity contribution in [3.63, 3.8) is 0 Å². The van der Waals surface area contributed by atoms with E-state index < -0.39 is 0 Å². The highest BCUT2D eigenvalue weighted by molar-refractivity contribution is 5.95. The van der Waals surface area contributed by atoms with Gasteiger partial charge in [-0.25, -0.2) is 9.97 Å². The first-order valence-electron chi connectivity index (χ1n) is 15.5. The highest BCUT2D eigenvalue weighted by Gasteiger charge is 2.29. The minimum Gasteiger partial charge on any atom is -0.504 e. The Morgan fingerprint density at radius 3 is 2.30 bits per heavy atom. The monoisotopic (exact) mass is 604 g/mol. The van der Waals surface area contributed by atoms with Gasteiger partial charge in [-0.1, -0.05) is 32.0 Å². The molecule has 2 heterocycles. The van der Waals surface area contributed by atoms with Crippen molar-refractivity contribution in [1.82, 2.24) is 25.1 Å². The van der Waals surface area contributed by atoms with E-state index in [4.69, 9.17) is 4.99 Å². The molecule has 238 valence electrons. The molecular weight excluding hydrogens is 556 g/mol. The number of nitrogens with one attached hydrogen (secondary N) is 1. The zero-order chi connectivity index (χ0) is 32.6. The molecule has 1 fully saturated rings. The van der Waals surface area contributed by atoms with Gasteiger partial charge < -0.3 is 19.7 Å². The van der Waals surface area contributed by atoms with Crippen molar-refractivity contribution in [3.05, 3.63) is 63.9 Å². The second kappa shape index (κ2) is 15.7. The Bertz CT molecular complexity index is 1420. The molecule has 3 rings (SSSR count). The maximum Gasteiger partial charge on any atom is 0.276 e. The summed E-state index contributed by atoms with van der Waals surface area (Å²) in [5.41, 5.74) is 6.52. The van der Waals surface area contributed by atoms with Gasteiger partial charge in [0.15, 0.2) is 17.2 Å². The van der Waals surface area contributed by atoms with Crippen LogP contribution in [0, 0.1) is 19.8 Å². The Balaban J connectivity index is 1.76. The first-order chi connectivity index (χ1) is 20.9. The van der Waals surface area contributed by atoms with E-state index in [1.54, 1.807) is 25.7 Å². The van der Waals surface area contributed by atoms with Gasteiger partial charge in [0.05, 0.1) is 11.4 Å². The number of carbonyl (C=O) groups is 3. The van der Waals surface area contributed by atoms with E-state index in [0.29, 0.717) is 51.1 Å². The first kappa shape index (κ1) is 34.6. The lowest BCUT2D eigenvalue weighted by molar-refractivity contribution is -0.117. The van der Waals surface area contributed by atoms with Crippen molar-refractivity contribution < 1.29 is 19.5 Å². The predicted octanol–water partition coefficient (Wildman–Crippen LogP) is 4.74. The summed E-state index contributed by atoms with van der Waals surface area (Å²) < 4.78 is 0. The highest BCUT2D eigenvalue weighted by atomic mass is 16.3. The summed E-state index contributed by atoms with van der Waals surface area (Å²) in [6.45, 7) is 15.0. The summed E-state index contributed by atoms with van der Waals surface area (Å²) >= 11 is 0. The molecule has 0 bridgehead atoms. The molecule has 1 saturated heterocycles. The number of hydrogen-bond donors (Lipinski definition) is 2. The highest BCUT2D eigenvalue weighted by Crippen LogP contribution is 2.27. The van der Waals surface area contributed by atoms with E-state index in [9.17, 15) is 19.5 Å². The van der Waals surface area contributed by atoms with Crippen LogP contribution in [0.25, 0.3) is 0 Å². The van der Waals surface area contributed by atoms with Gasteiger partial charge in [-0.05, 0) is 82.2 Å². The quantitative estimate of drug-likeness (QED) is 0.248. The van der Waals surface area contributed by atoms with Crippen molar-refractivity contribution in [2.45, 2.75) is 80.3 Å². The number of aryl methyl sites for hydroxylation is 3. The van der Waals surface area contributed by atoms with E-state index in [-0.39, 0.29) is 41.0 Å². The lowest BCUT2D eigenvalue weighted by atomic mass is 9.92. The Morgan fingerprint density at radius 2 is 1.70 bits per heavy atom. The van der Waals surface area contributed by atoms with Crippen molar-refractivity contribution in [2.24, 2.45) is 10.9 Å². The summed E-state index contributed by atoms with van der Waals surface area (Å²) in [5, 5.41) is 13.6. The fourth-order valence-electron chi connectivity index (χ4n) is 5.61. The fraction of sp³-hybridized carbons (Fsp3) is 0.529. The second-order valence-electron chi connectivity index (χ2n) is 11.8. The lowest BCUT2D eigenvalue weighted by Gasteiger charge is -2.37. The summed E-state index contributed by atoms with van der Waals surface area (Å²) in [4.78, 5) is 54.3. The number of nitrogens with zero attached hydrogens (tertiary/aromatic N) is 5. The molecule has 1 aromatic heterocycles. The minimum absolute atomic E-state index is 0.00362. The SMILES string of the molecule is CC/C(CC(C)/C(C)=N/C(NC)c1ccc(C)c(CCC(C)=O)c1)=C(/C(C)=O)N1CCN(C(=O)c2ncnc(C)c2O)CC1. The largest absolute Gasteiger partial charge is 0.504 e. The normalized spacial score (nSPS) is 16.0. The van der Waals surface area contributed by atoms with Crippen LogP contribution in [0.15, 0.2) is 40.8 Å². The molecule has 2 unspecified atom stereocenters. The van der Waals surface area contributed by atoms with Crippen molar-refractivity contribution >= 4 is 23.2 Å². The van der Waals surface area contributed by atoms with Gasteiger partial charge in [-0.15, -0.1) is 0 Å². The van der Waals surface area contributed by atoms with Crippen LogP contribution < -0.4 is 5.32 Å². The number of amides is 1. The number of aromatic nitrogens is 2. The molecule has 1 aromatic carbocycles. The molecule has 44 heavy (non-hydrogen) atoms. The van der Waals surface area contributed by atoms with Gasteiger partial charge in [-0.3, -0.25) is 19.9 Å². The van der Waals surface area contributed by atoms with Crippen LogP contribution in [-0.4, -0.2) is 81.3 Å². The third kappa shape index (κ3) is 8.59. The van der Waals surface area contributed by atoms with Gasteiger partial charge in [0, 0.05) is 45.2 Å². The van der Waals surface area contributed by atoms with Crippen LogP contribution >= 0.6 is 0 Å². The molecule has 0 saturated carbocycles. The third-order valence-electron chi connectivity index (χ3n) is 8.49. The van der Waals surface area contributed by atoms with Crippen LogP contribution in [0.4, 0.5) is 0 Å². The smallest absolute Gasteiger partial charge is 0.276 e. The lowest BCUT2D eigenvalue weighted by Crippen LogP contribution is -2.49. The number of allylic oxidation sites excluding steroid dienone is 2. The maximum absolute atomic E-state index is 13.1.